The second kappa shape index (κ2) is 11.4. The van der Waals surface area contributed by atoms with E-state index >= 15 is 0 Å². The summed E-state index contributed by atoms with van der Waals surface area (Å²) in [6.45, 7) is 7.02. The Bertz CT molecular complexity index is 1110. The number of ether oxygens (including phenoxy) is 3. The molecule has 1 amide bonds. The van der Waals surface area contributed by atoms with Gasteiger partial charge in [-0.2, -0.15) is 0 Å². The van der Waals surface area contributed by atoms with Crippen LogP contribution in [-0.2, 0) is 24.4 Å². The number of carbonyl (C=O) groups is 1. The number of nitrogens with one attached hydrogen (secondary N) is 1. The average molecular weight is 479 g/mol. The first-order chi connectivity index (χ1) is 17.2. The van der Waals surface area contributed by atoms with Crippen LogP contribution in [0.25, 0.3) is 0 Å². The highest BCUT2D eigenvalue weighted by Crippen LogP contribution is 2.32. The summed E-state index contributed by atoms with van der Waals surface area (Å²) in [4.78, 5) is 21.7. The van der Waals surface area contributed by atoms with E-state index in [1.165, 1.54) is 6.26 Å². The van der Waals surface area contributed by atoms with Crippen LogP contribution in [0, 0.1) is 0 Å². The lowest BCUT2D eigenvalue weighted by Crippen LogP contribution is -2.41. The number of benzene rings is 2. The zero-order chi connectivity index (χ0) is 23.9. The first kappa shape index (κ1) is 23.3. The number of hydrogen-bond donors (Lipinski definition) is 1. The quantitative estimate of drug-likeness (QED) is 0.476. The number of nitrogens with zero attached hydrogens (tertiary/aromatic N) is 3. The Hall–Kier alpha value is -3.40. The molecule has 0 unspecified atom stereocenters. The minimum absolute atomic E-state index is 0.250. The number of amides is 1. The summed E-state index contributed by atoms with van der Waals surface area (Å²) in [5.74, 6) is 1.80. The van der Waals surface area contributed by atoms with Crippen molar-refractivity contribution in [1.29, 1.82) is 0 Å². The molecule has 0 saturated carbocycles. The van der Waals surface area contributed by atoms with Gasteiger partial charge in [0.15, 0.2) is 17.2 Å². The smallest absolute Gasteiger partial charge is 0.273 e. The molecule has 184 valence electrons. The number of oxazole rings is 1. The van der Waals surface area contributed by atoms with Gasteiger partial charge in [0, 0.05) is 39.3 Å². The van der Waals surface area contributed by atoms with Crippen molar-refractivity contribution in [3.63, 3.8) is 0 Å². The normalized spacial score (nSPS) is 15.5. The molecule has 0 atom stereocenters. The maximum atomic E-state index is 12.6. The third-order valence-electron chi connectivity index (χ3n) is 6.12. The Balaban J connectivity index is 1.22. The maximum absolute atomic E-state index is 12.6. The summed E-state index contributed by atoms with van der Waals surface area (Å²) in [6.07, 6.45) is 1.43. The topological polar surface area (TPSA) is 89.3 Å². The van der Waals surface area contributed by atoms with Crippen LogP contribution in [0.4, 0.5) is 0 Å². The molecule has 0 spiro atoms. The highest BCUT2D eigenvalue weighted by Gasteiger charge is 2.19. The Morgan fingerprint density at radius 3 is 2.69 bits per heavy atom. The molecule has 3 heterocycles. The highest BCUT2D eigenvalue weighted by atomic mass is 16.7. The first-order valence-electron chi connectivity index (χ1n) is 11.9. The van der Waals surface area contributed by atoms with E-state index in [4.69, 9.17) is 18.6 Å². The van der Waals surface area contributed by atoms with Crippen LogP contribution in [-0.4, -0.2) is 66.9 Å². The summed E-state index contributed by atoms with van der Waals surface area (Å²) >= 11 is 0. The Labute approximate surface area is 204 Å². The monoisotopic (exact) mass is 478 g/mol. The fraction of sp³-hybridized carbons (Fsp3) is 0.385. The van der Waals surface area contributed by atoms with Gasteiger partial charge in [0.2, 0.25) is 12.7 Å². The summed E-state index contributed by atoms with van der Waals surface area (Å²) < 4.78 is 22.1. The highest BCUT2D eigenvalue weighted by molar-refractivity contribution is 5.91. The molecule has 3 aromatic rings. The molecule has 2 aliphatic heterocycles. The third-order valence-corrected chi connectivity index (χ3v) is 6.12. The first-order valence-corrected chi connectivity index (χ1v) is 11.9. The lowest BCUT2D eigenvalue weighted by molar-refractivity contribution is 0.0320. The molecule has 1 saturated heterocycles. The lowest BCUT2D eigenvalue weighted by Gasteiger charge is -2.29. The molecule has 5 rings (SSSR count). The number of hydrogen-bond acceptors (Lipinski definition) is 8. The van der Waals surface area contributed by atoms with Crippen LogP contribution in [0.15, 0.2) is 59.2 Å². The molecule has 35 heavy (non-hydrogen) atoms. The molecule has 2 aromatic carbocycles. The molecule has 0 aliphatic carbocycles. The van der Waals surface area contributed by atoms with Crippen molar-refractivity contribution >= 4 is 5.91 Å². The van der Waals surface area contributed by atoms with Gasteiger partial charge in [0.1, 0.15) is 6.26 Å². The van der Waals surface area contributed by atoms with Crippen molar-refractivity contribution in [2.75, 3.05) is 46.2 Å². The van der Waals surface area contributed by atoms with Gasteiger partial charge < -0.3 is 23.9 Å². The molecule has 1 aromatic heterocycles. The molecule has 0 radical (unpaired) electrons. The Morgan fingerprint density at radius 1 is 1.00 bits per heavy atom. The van der Waals surface area contributed by atoms with Crippen molar-refractivity contribution in [2.45, 2.75) is 19.6 Å². The van der Waals surface area contributed by atoms with Gasteiger partial charge >= 0.3 is 0 Å². The maximum Gasteiger partial charge on any atom is 0.273 e. The largest absolute Gasteiger partial charge is 0.454 e. The van der Waals surface area contributed by atoms with E-state index in [0.29, 0.717) is 25.5 Å². The van der Waals surface area contributed by atoms with Gasteiger partial charge in [-0.25, -0.2) is 4.98 Å². The number of morpholine rings is 1. The standard InChI is InChI=1S/C26H30N4O5/c31-26(27-15-20-4-2-1-3-5-20)22-18-33-25(28-22)17-30(9-8-29-10-12-32-13-11-29)16-21-6-7-23-24(14-21)35-19-34-23/h1-7,14,18H,8-13,15-17,19H2,(H,27,31). The Kier molecular flexibility index (Phi) is 7.57. The Morgan fingerprint density at radius 2 is 1.83 bits per heavy atom. The lowest BCUT2D eigenvalue weighted by atomic mass is 10.2. The molecular formula is C26H30N4O5. The molecule has 2 aliphatic rings. The van der Waals surface area contributed by atoms with Crippen molar-refractivity contribution in [3.8, 4) is 11.5 Å². The molecule has 0 bridgehead atoms. The minimum Gasteiger partial charge on any atom is -0.454 e. The van der Waals surface area contributed by atoms with E-state index < -0.39 is 0 Å². The SMILES string of the molecule is O=C(NCc1ccccc1)c1coc(CN(CCN2CCOCC2)Cc2ccc3c(c2)OCO3)n1. The molecule has 9 heteroatoms. The van der Waals surface area contributed by atoms with E-state index in [1.807, 2.05) is 48.5 Å². The zero-order valence-electron chi connectivity index (χ0n) is 19.7. The molecule has 1 N–H and O–H groups in total. The number of rotatable bonds is 10. The van der Waals surface area contributed by atoms with Gasteiger partial charge in [-0.05, 0) is 23.3 Å². The average Bonchev–Trinajstić information content (AvgIpc) is 3.56. The number of fused-ring (bicyclic) bond motifs is 1. The summed E-state index contributed by atoms with van der Waals surface area (Å²) in [5.41, 5.74) is 2.43. The fourth-order valence-electron chi connectivity index (χ4n) is 4.17. The molecule has 9 nitrogen and oxygen atoms in total. The molecule has 1 fully saturated rings. The van der Waals surface area contributed by atoms with E-state index in [1.54, 1.807) is 0 Å². The van der Waals surface area contributed by atoms with Crippen LogP contribution < -0.4 is 14.8 Å². The van der Waals surface area contributed by atoms with Gasteiger partial charge in [-0.3, -0.25) is 14.6 Å². The van der Waals surface area contributed by atoms with E-state index in [2.05, 4.69) is 20.1 Å². The fourth-order valence-corrected chi connectivity index (χ4v) is 4.17. The van der Waals surface area contributed by atoms with E-state index in [0.717, 1.165) is 62.0 Å². The van der Waals surface area contributed by atoms with Crippen LogP contribution in [0.2, 0.25) is 0 Å². The predicted octanol–water partition coefficient (Wildman–Crippen LogP) is 2.67. The number of carbonyl (C=O) groups excluding carboxylic acids is 1. The second-order valence-corrected chi connectivity index (χ2v) is 8.65. The van der Waals surface area contributed by atoms with Crippen LogP contribution in [0.3, 0.4) is 0 Å². The van der Waals surface area contributed by atoms with Crippen LogP contribution in [0.1, 0.15) is 27.5 Å². The van der Waals surface area contributed by atoms with Gasteiger partial charge in [0.05, 0.1) is 19.8 Å². The van der Waals surface area contributed by atoms with Crippen molar-refractivity contribution in [1.82, 2.24) is 20.1 Å². The van der Waals surface area contributed by atoms with Crippen LogP contribution in [0.5, 0.6) is 11.5 Å². The van der Waals surface area contributed by atoms with Gasteiger partial charge in [-0.1, -0.05) is 36.4 Å². The third kappa shape index (κ3) is 6.39. The second-order valence-electron chi connectivity index (χ2n) is 8.65. The van der Waals surface area contributed by atoms with E-state index in [-0.39, 0.29) is 18.4 Å². The minimum atomic E-state index is -0.250. The summed E-state index contributed by atoms with van der Waals surface area (Å²) in [6, 6.07) is 15.8. The zero-order valence-corrected chi connectivity index (χ0v) is 19.7. The van der Waals surface area contributed by atoms with Crippen molar-refractivity contribution < 1.29 is 23.4 Å². The summed E-state index contributed by atoms with van der Waals surface area (Å²) in [5, 5.41) is 2.89. The molecular weight excluding hydrogens is 448 g/mol. The van der Waals surface area contributed by atoms with Gasteiger partial charge in [-0.15, -0.1) is 0 Å². The van der Waals surface area contributed by atoms with Gasteiger partial charge in [0.25, 0.3) is 5.91 Å². The number of aromatic nitrogens is 1. The van der Waals surface area contributed by atoms with E-state index in [9.17, 15) is 4.79 Å². The van der Waals surface area contributed by atoms with Crippen molar-refractivity contribution in [2.24, 2.45) is 0 Å². The summed E-state index contributed by atoms with van der Waals surface area (Å²) in [7, 11) is 0. The van der Waals surface area contributed by atoms with Crippen LogP contribution >= 0.6 is 0 Å². The predicted molar refractivity (Wildman–Crippen MR) is 128 cm³/mol. The van der Waals surface area contributed by atoms with Crippen molar-refractivity contribution in [3.05, 3.63) is 77.5 Å².